The Labute approximate surface area is 132 Å². The lowest BCUT2D eigenvalue weighted by atomic mass is 9.96. The molecule has 0 spiro atoms. The molecular weight excluding hydrogens is 312 g/mol. The Kier molecular flexibility index (Phi) is 6.37. The van der Waals surface area contributed by atoms with Crippen LogP contribution in [0.4, 0.5) is 5.69 Å². The van der Waals surface area contributed by atoms with Gasteiger partial charge in [-0.05, 0) is 56.0 Å². The van der Waals surface area contributed by atoms with E-state index in [1.165, 1.54) is 54.4 Å². The van der Waals surface area contributed by atoms with Gasteiger partial charge in [0.25, 0.3) is 0 Å². The van der Waals surface area contributed by atoms with Crippen molar-refractivity contribution in [2.45, 2.75) is 58.5 Å². The molecule has 1 heterocycles. The Morgan fingerprint density at radius 2 is 2.15 bits per heavy atom. The lowest BCUT2D eigenvalue weighted by Crippen LogP contribution is -2.40. The highest BCUT2D eigenvalue weighted by Crippen LogP contribution is 2.31. The molecule has 1 aromatic rings. The number of nitrogens with one attached hydrogen (secondary N) is 1. The third kappa shape index (κ3) is 3.98. The lowest BCUT2D eigenvalue weighted by molar-refractivity contribution is 0.433. The van der Waals surface area contributed by atoms with Crippen LogP contribution in [-0.2, 0) is 6.54 Å². The Morgan fingerprint density at radius 1 is 1.30 bits per heavy atom. The molecule has 20 heavy (non-hydrogen) atoms. The second kappa shape index (κ2) is 8.04. The molecule has 1 N–H and O–H groups in total. The van der Waals surface area contributed by atoms with E-state index in [9.17, 15) is 0 Å². The van der Waals surface area contributed by atoms with Crippen LogP contribution in [0.1, 0.15) is 51.5 Å². The molecule has 0 bridgehead atoms. The summed E-state index contributed by atoms with van der Waals surface area (Å²) in [5.41, 5.74) is 2.86. The van der Waals surface area contributed by atoms with Crippen LogP contribution in [0.3, 0.4) is 0 Å². The van der Waals surface area contributed by atoms with Crippen LogP contribution in [0.25, 0.3) is 0 Å². The van der Waals surface area contributed by atoms with Crippen LogP contribution in [0.2, 0.25) is 0 Å². The minimum atomic E-state index is 0.732. The van der Waals surface area contributed by atoms with Gasteiger partial charge in [0.05, 0.1) is 0 Å². The highest BCUT2D eigenvalue weighted by Gasteiger charge is 2.23. The van der Waals surface area contributed by atoms with Crippen molar-refractivity contribution < 1.29 is 0 Å². The van der Waals surface area contributed by atoms with Crippen molar-refractivity contribution in [3.63, 3.8) is 0 Å². The topological polar surface area (TPSA) is 15.3 Å². The summed E-state index contributed by atoms with van der Waals surface area (Å²) in [6.07, 6.45) is 6.67. The lowest BCUT2D eigenvalue weighted by Gasteiger charge is -2.39. The number of benzene rings is 1. The summed E-state index contributed by atoms with van der Waals surface area (Å²) in [7, 11) is 0. The number of nitrogens with zero attached hydrogens (tertiary/aromatic N) is 1. The molecular formula is C17H27BrN2. The van der Waals surface area contributed by atoms with Crippen LogP contribution < -0.4 is 10.2 Å². The van der Waals surface area contributed by atoms with E-state index in [4.69, 9.17) is 0 Å². The van der Waals surface area contributed by atoms with Crippen LogP contribution in [0.5, 0.6) is 0 Å². The molecule has 1 aromatic carbocycles. The molecule has 1 saturated heterocycles. The van der Waals surface area contributed by atoms with Gasteiger partial charge in [0, 0.05) is 29.3 Å². The van der Waals surface area contributed by atoms with Gasteiger partial charge in [0.2, 0.25) is 0 Å². The van der Waals surface area contributed by atoms with E-state index in [0.717, 1.165) is 19.1 Å². The average Bonchev–Trinajstić information content (AvgIpc) is 2.46. The molecule has 0 aromatic heterocycles. The normalized spacial score (nSPS) is 19.4. The van der Waals surface area contributed by atoms with Crippen molar-refractivity contribution in [1.82, 2.24) is 5.32 Å². The fraction of sp³-hybridized carbons (Fsp3) is 0.647. The van der Waals surface area contributed by atoms with E-state index in [0.29, 0.717) is 0 Å². The number of halogens is 1. The predicted molar refractivity (Wildman–Crippen MR) is 91.4 cm³/mol. The van der Waals surface area contributed by atoms with Crippen molar-refractivity contribution in [2.24, 2.45) is 0 Å². The second-order valence-electron chi connectivity index (χ2n) is 5.69. The van der Waals surface area contributed by atoms with E-state index in [2.05, 4.69) is 58.2 Å². The maximum atomic E-state index is 3.61. The monoisotopic (exact) mass is 338 g/mol. The minimum Gasteiger partial charge on any atom is -0.368 e. The first-order valence-electron chi connectivity index (χ1n) is 8.02. The van der Waals surface area contributed by atoms with Gasteiger partial charge in [-0.15, -0.1) is 0 Å². The fourth-order valence-electron chi connectivity index (χ4n) is 3.19. The minimum absolute atomic E-state index is 0.732. The van der Waals surface area contributed by atoms with Gasteiger partial charge in [-0.25, -0.2) is 0 Å². The molecule has 1 fully saturated rings. The SMILES string of the molecule is CCCC1CCCCN1c1ccc(Br)cc1CNCC. The molecule has 3 heteroatoms. The Balaban J connectivity index is 2.24. The van der Waals surface area contributed by atoms with E-state index >= 15 is 0 Å². The molecule has 1 aliphatic rings. The number of anilines is 1. The molecule has 0 saturated carbocycles. The summed E-state index contributed by atoms with van der Waals surface area (Å²) in [6.45, 7) is 7.66. The van der Waals surface area contributed by atoms with Gasteiger partial charge in [-0.1, -0.05) is 36.2 Å². The summed E-state index contributed by atoms with van der Waals surface area (Å²) in [5.74, 6) is 0. The molecule has 2 rings (SSSR count). The van der Waals surface area contributed by atoms with E-state index in [1.807, 2.05) is 0 Å². The standard InChI is InChI=1S/C17H27BrN2/c1-3-7-16-8-5-6-11-20(16)17-10-9-15(18)12-14(17)13-19-4-2/h9-10,12,16,19H,3-8,11,13H2,1-2H3. The molecule has 2 nitrogen and oxygen atoms in total. The highest BCUT2D eigenvalue weighted by molar-refractivity contribution is 9.10. The van der Waals surface area contributed by atoms with Gasteiger partial charge in [0.15, 0.2) is 0 Å². The second-order valence-corrected chi connectivity index (χ2v) is 6.60. The van der Waals surface area contributed by atoms with Crippen LogP contribution in [0.15, 0.2) is 22.7 Å². The summed E-state index contributed by atoms with van der Waals surface area (Å²) >= 11 is 3.61. The Morgan fingerprint density at radius 3 is 2.90 bits per heavy atom. The van der Waals surface area contributed by atoms with Gasteiger partial charge in [-0.3, -0.25) is 0 Å². The highest BCUT2D eigenvalue weighted by atomic mass is 79.9. The van der Waals surface area contributed by atoms with Crippen LogP contribution in [-0.4, -0.2) is 19.1 Å². The zero-order chi connectivity index (χ0) is 14.4. The first kappa shape index (κ1) is 15.8. The quantitative estimate of drug-likeness (QED) is 0.807. The molecule has 0 radical (unpaired) electrons. The fourth-order valence-corrected chi connectivity index (χ4v) is 3.60. The van der Waals surface area contributed by atoms with Crippen molar-refractivity contribution >= 4 is 21.6 Å². The molecule has 1 unspecified atom stereocenters. The first-order valence-corrected chi connectivity index (χ1v) is 8.81. The number of piperidine rings is 1. The third-order valence-electron chi connectivity index (χ3n) is 4.17. The van der Waals surface area contributed by atoms with Crippen molar-refractivity contribution in [2.75, 3.05) is 18.0 Å². The maximum Gasteiger partial charge on any atom is 0.0415 e. The largest absolute Gasteiger partial charge is 0.368 e. The summed E-state index contributed by atoms with van der Waals surface area (Å²) < 4.78 is 1.18. The number of hydrogen-bond acceptors (Lipinski definition) is 2. The Bertz CT molecular complexity index is 417. The zero-order valence-electron chi connectivity index (χ0n) is 12.8. The van der Waals surface area contributed by atoms with Gasteiger partial charge in [-0.2, -0.15) is 0 Å². The molecule has 0 amide bonds. The Hall–Kier alpha value is -0.540. The smallest absolute Gasteiger partial charge is 0.0415 e. The van der Waals surface area contributed by atoms with Gasteiger partial charge < -0.3 is 10.2 Å². The number of rotatable bonds is 6. The van der Waals surface area contributed by atoms with Gasteiger partial charge >= 0.3 is 0 Å². The van der Waals surface area contributed by atoms with Gasteiger partial charge in [0.1, 0.15) is 0 Å². The van der Waals surface area contributed by atoms with E-state index in [1.54, 1.807) is 0 Å². The number of hydrogen-bond donors (Lipinski definition) is 1. The zero-order valence-corrected chi connectivity index (χ0v) is 14.4. The van der Waals surface area contributed by atoms with Crippen molar-refractivity contribution in [3.8, 4) is 0 Å². The van der Waals surface area contributed by atoms with E-state index < -0.39 is 0 Å². The average molecular weight is 339 g/mol. The summed E-state index contributed by atoms with van der Waals surface area (Å²) in [5, 5.41) is 3.47. The third-order valence-corrected chi connectivity index (χ3v) is 4.66. The maximum absolute atomic E-state index is 3.61. The summed E-state index contributed by atoms with van der Waals surface area (Å²) in [4.78, 5) is 2.66. The molecule has 1 atom stereocenters. The van der Waals surface area contributed by atoms with E-state index in [-0.39, 0.29) is 0 Å². The van der Waals surface area contributed by atoms with Crippen LogP contribution in [0, 0.1) is 0 Å². The molecule has 1 aliphatic heterocycles. The first-order chi connectivity index (χ1) is 9.76. The predicted octanol–water partition coefficient (Wildman–Crippen LogP) is 4.72. The summed E-state index contributed by atoms with van der Waals surface area (Å²) in [6, 6.07) is 7.48. The van der Waals surface area contributed by atoms with Crippen molar-refractivity contribution in [1.29, 1.82) is 0 Å². The van der Waals surface area contributed by atoms with Crippen LogP contribution >= 0.6 is 15.9 Å². The molecule has 0 aliphatic carbocycles. The molecule has 112 valence electrons. The van der Waals surface area contributed by atoms with Crippen molar-refractivity contribution in [3.05, 3.63) is 28.2 Å².